The fourth-order valence-electron chi connectivity index (χ4n) is 5.86. The summed E-state index contributed by atoms with van der Waals surface area (Å²) in [6, 6.07) is 52.7. The van der Waals surface area contributed by atoms with Gasteiger partial charge in [-0.25, -0.2) is 19.9 Å². The maximum Gasteiger partial charge on any atom is 0.160 e. The van der Waals surface area contributed by atoms with Gasteiger partial charge in [-0.2, -0.15) is 5.26 Å². The molecular weight excluding hydrogens is 562 g/mol. The SMILES string of the molecule is N#Cc1ccc(-c2nc3ccccc3nc2-c2ccc(-c3nc(-c4ccccc4)cc(-c4ccccc4)n3)cc2)c2ccccc12. The van der Waals surface area contributed by atoms with E-state index >= 15 is 0 Å². The summed E-state index contributed by atoms with van der Waals surface area (Å²) in [5, 5.41) is 11.6. The van der Waals surface area contributed by atoms with Crippen molar-refractivity contribution in [3.8, 4) is 62.5 Å². The van der Waals surface area contributed by atoms with Crippen LogP contribution in [0.5, 0.6) is 0 Å². The van der Waals surface area contributed by atoms with Crippen LogP contribution in [-0.4, -0.2) is 19.9 Å². The molecule has 0 unspecified atom stereocenters. The van der Waals surface area contributed by atoms with E-state index in [1.807, 2.05) is 115 Å². The number of fused-ring (bicyclic) bond motifs is 2. The van der Waals surface area contributed by atoms with E-state index < -0.39 is 0 Å². The molecule has 5 heteroatoms. The minimum Gasteiger partial charge on any atom is -0.244 e. The van der Waals surface area contributed by atoms with Crippen molar-refractivity contribution in [2.45, 2.75) is 0 Å². The van der Waals surface area contributed by atoms with Crippen LogP contribution in [0.1, 0.15) is 5.56 Å². The van der Waals surface area contributed by atoms with Gasteiger partial charge in [-0.1, -0.05) is 127 Å². The van der Waals surface area contributed by atoms with Gasteiger partial charge in [0.15, 0.2) is 5.82 Å². The van der Waals surface area contributed by atoms with Gasteiger partial charge in [-0.15, -0.1) is 0 Å². The lowest BCUT2D eigenvalue weighted by atomic mass is 9.95. The zero-order valence-corrected chi connectivity index (χ0v) is 24.7. The number of nitriles is 1. The summed E-state index contributed by atoms with van der Waals surface area (Å²) in [5.41, 5.74) is 10.3. The molecule has 0 spiro atoms. The minimum absolute atomic E-state index is 0.631. The lowest BCUT2D eigenvalue weighted by Crippen LogP contribution is -1.98. The van der Waals surface area contributed by atoms with E-state index in [2.05, 4.69) is 42.5 Å². The molecular formula is C41H25N5. The Morgan fingerprint density at radius 1 is 0.413 bits per heavy atom. The van der Waals surface area contributed by atoms with Gasteiger partial charge in [0.1, 0.15) is 0 Å². The summed E-state index contributed by atoms with van der Waals surface area (Å²) in [6.45, 7) is 0. The molecule has 214 valence electrons. The zero-order valence-electron chi connectivity index (χ0n) is 24.7. The Kier molecular flexibility index (Phi) is 6.79. The second kappa shape index (κ2) is 11.5. The van der Waals surface area contributed by atoms with E-state index in [0.717, 1.165) is 72.4 Å². The van der Waals surface area contributed by atoms with Gasteiger partial charge in [0.2, 0.25) is 0 Å². The quantitative estimate of drug-likeness (QED) is 0.200. The average molecular weight is 588 g/mol. The summed E-state index contributed by atoms with van der Waals surface area (Å²) < 4.78 is 0. The molecule has 0 aliphatic carbocycles. The van der Waals surface area contributed by atoms with E-state index in [1.54, 1.807) is 0 Å². The van der Waals surface area contributed by atoms with Crippen LogP contribution in [0.4, 0.5) is 0 Å². The van der Waals surface area contributed by atoms with E-state index in [9.17, 15) is 5.26 Å². The lowest BCUT2D eigenvalue weighted by Gasteiger charge is -2.14. The Morgan fingerprint density at radius 3 is 1.54 bits per heavy atom. The number of nitrogens with zero attached hydrogens (tertiary/aromatic N) is 5. The third-order valence-electron chi connectivity index (χ3n) is 8.15. The van der Waals surface area contributed by atoms with Crippen molar-refractivity contribution in [1.29, 1.82) is 5.26 Å². The Balaban J connectivity index is 1.28. The van der Waals surface area contributed by atoms with Crippen LogP contribution in [0.3, 0.4) is 0 Å². The molecule has 0 N–H and O–H groups in total. The van der Waals surface area contributed by atoms with E-state index in [0.29, 0.717) is 11.4 Å². The highest BCUT2D eigenvalue weighted by molar-refractivity contribution is 6.02. The van der Waals surface area contributed by atoms with Gasteiger partial charge in [0, 0.05) is 33.2 Å². The lowest BCUT2D eigenvalue weighted by molar-refractivity contribution is 1.18. The Bertz CT molecular complexity index is 2350. The number of benzene rings is 6. The predicted octanol–water partition coefficient (Wildman–Crippen LogP) is 9.78. The molecule has 0 amide bonds. The number of hydrogen-bond acceptors (Lipinski definition) is 5. The highest BCUT2D eigenvalue weighted by Crippen LogP contribution is 2.37. The van der Waals surface area contributed by atoms with Gasteiger partial charge >= 0.3 is 0 Å². The van der Waals surface area contributed by atoms with Crippen molar-refractivity contribution >= 4 is 21.8 Å². The van der Waals surface area contributed by atoms with Crippen LogP contribution in [0.15, 0.2) is 152 Å². The highest BCUT2D eigenvalue weighted by Gasteiger charge is 2.18. The predicted molar refractivity (Wildman–Crippen MR) is 185 cm³/mol. The van der Waals surface area contributed by atoms with Crippen LogP contribution in [0, 0.1) is 11.3 Å². The highest BCUT2D eigenvalue weighted by atomic mass is 14.9. The molecule has 0 saturated heterocycles. The third-order valence-corrected chi connectivity index (χ3v) is 8.15. The van der Waals surface area contributed by atoms with Gasteiger partial charge in [0.25, 0.3) is 0 Å². The molecule has 46 heavy (non-hydrogen) atoms. The Hall–Kier alpha value is -6.51. The summed E-state index contributed by atoms with van der Waals surface area (Å²) >= 11 is 0. The van der Waals surface area contributed by atoms with Crippen LogP contribution in [0.2, 0.25) is 0 Å². The standard InChI is InChI=1S/C41H25N5/c42-26-31-23-24-34(33-16-8-7-15-32(31)33)40-39(43-35-17-9-10-18-36(35)44-40)29-19-21-30(22-20-29)41-45-37(27-11-3-1-4-12-27)25-38(46-41)28-13-5-2-6-14-28/h1-25H. The number of hydrogen-bond donors (Lipinski definition) is 0. The van der Waals surface area contributed by atoms with E-state index in [-0.39, 0.29) is 0 Å². The van der Waals surface area contributed by atoms with Gasteiger partial charge in [-0.3, -0.25) is 0 Å². The molecule has 8 aromatic rings. The molecule has 0 radical (unpaired) electrons. The molecule has 0 fully saturated rings. The number of aromatic nitrogens is 4. The van der Waals surface area contributed by atoms with Crippen molar-refractivity contribution in [1.82, 2.24) is 19.9 Å². The Labute approximate surface area is 266 Å². The van der Waals surface area contributed by atoms with Crippen molar-refractivity contribution in [3.63, 3.8) is 0 Å². The van der Waals surface area contributed by atoms with E-state index in [1.165, 1.54) is 0 Å². The van der Waals surface area contributed by atoms with Gasteiger partial charge in [-0.05, 0) is 29.7 Å². The number of rotatable bonds is 5. The first kappa shape index (κ1) is 27.1. The molecule has 0 aliphatic rings. The first-order valence-corrected chi connectivity index (χ1v) is 15.0. The molecule has 0 aliphatic heterocycles. The first-order valence-electron chi connectivity index (χ1n) is 15.0. The monoisotopic (exact) mass is 587 g/mol. The summed E-state index contributed by atoms with van der Waals surface area (Å²) in [4.78, 5) is 20.2. The average Bonchev–Trinajstić information content (AvgIpc) is 3.14. The van der Waals surface area contributed by atoms with Crippen LogP contribution in [-0.2, 0) is 0 Å². The van der Waals surface area contributed by atoms with Crippen LogP contribution in [0.25, 0.3) is 78.2 Å². The Morgan fingerprint density at radius 2 is 0.935 bits per heavy atom. The van der Waals surface area contributed by atoms with Crippen molar-refractivity contribution in [3.05, 3.63) is 157 Å². The topological polar surface area (TPSA) is 75.3 Å². The fourth-order valence-corrected chi connectivity index (χ4v) is 5.86. The maximum atomic E-state index is 9.77. The summed E-state index contributed by atoms with van der Waals surface area (Å²) in [5.74, 6) is 0.648. The largest absolute Gasteiger partial charge is 0.244 e. The molecule has 0 atom stereocenters. The van der Waals surface area contributed by atoms with Crippen molar-refractivity contribution < 1.29 is 0 Å². The molecule has 6 aromatic carbocycles. The molecule has 0 saturated carbocycles. The molecule has 2 aromatic heterocycles. The van der Waals surface area contributed by atoms with Crippen LogP contribution < -0.4 is 0 Å². The van der Waals surface area contributed by atoms with Gasteiger partial charge in [0.05, 0.1) is 45.4 Å². The molecule has 0 bridgehead atoms. The second-order valence-corrected chi connectivity index (χ2v) is 11.0. The van der Waals surface area contributed by atoms with Crippen LogP contribution >= 0.6 is 0 Å². The zero-order chi connectivity index (χ0) is 30.9. The molecule has 5 nitrogen and oxygen atoms in total. The van der Waals surface area contributed by atoms with Crippen molar-refractivity contribution in [2.24, 2.45) is 0 Å². The van der Waals surface area contributed by atoms with Gasteiger partial charge < -0.3 is 0 Å². The van der Waals surface area contributed by atoms with Crippen molar-refractivity contribution in [2.75, 3.05) is 0 Å². The summed E-state index contributed by atoms with van der Waals surface area (Å²) in [7, 11) is 0. The van der Waals surface area contributed by atoms with E-state index in [4.69, 9.17) is 19.9 Å². The third kappa shape index (κ3) is 4.94. The molecule has 2 heterocycles. The first-order chi connectivity index (χ1) is 22.7. The number of para-hydroxylation sites is 2. The smallest absolute Gasteiger partial charge is 0.160 e. The minimum atomic E-state index is 0.631. The molecule has 8 rings (SSSR count). The second-order valence-electron chi connectivity index (χ2n) is 11.0. The fraction of sp³-hybridized carbons (Fsp3) is 0. The summed E-state index contributed by atoms with van der Waals surface area (Å²) in [6.07, 6.45) is 0. The maximum absolute atomic E-state index is 9.77. The normalized spacial score (nSPS) is 11.0.